The molecule has 0 aliphatic carbocycles. The summed E-state index contributed by atoms with van der Waals surface area (Å²) in [4.78, 5) is 30.9. The number of hydrogen-bond acceptors (Lipinski definition) is 5. The summed E-state index contributed by atoms with van der Waals surface area (Å²) in [6, 6.07) is 5.36. The van der Waals surface area contributed by atoms with E-state index >= 15 is 0 Å². The summed E-state index contributed by atoms with van der Waals surface area (Å²) in [7, 11) is 3.33. The second-order valence-electron chi connectivity index (χ2n) is 6.58. The lowest BCUT2D eigenvalue weighted by molar-refractivity contribution is -0.123. The SMILES string of the molecule is CN(C)C(=O)/C=C/CN(CCOc1ccccn1)C(=O)OC(C)(C)C. The van der Waals surface area contributed by atoms with Crippen molar-refractivity contribution in [1.82, 2.24) is 14.8 Å². The molecule has 1 heterocycles. The van der Waals surface area contributed by atoms with Gasteiger partial charge in [0.2, 0.25) is 11.8 Å². The Balaban J connectivity index is 2.63. The molecule has 2 amide bonds. The van der Waals surface area contributed by atoms with Gasteiger partial charge in [0, 0.05) is 39.0 Å². The van der Waals surface area contributed by atoms with E-state index in [4.69, 9.17) is 9.47 Å². The van der Waals surface area contributed by atoms with Gasteiger partial charge in [0.15, 0.2) is 0 Å². The number of carbonyl (C=O) groups excluding carboxylic acids is 2. The molecule has 0 bridgehead atoms. The van der Waals surface area contributed by atoms with Crippen LogP contribution >= 0.6 is 0 Å². The first-order chi connectivity index (χ1) is 11.7. The second kappa shape index (κ2) is 9.66. The zero-order chi connectivity index (χ0) is 18.9. The molecule has 1 rings (SSSR count). The lowest BCUT2D eigenvalue weighted by Gasteiger charge is -2.26. The number of rotatable bonds is 7. The van der Waals surface area contributed by atoms with Crippen LogP contribution in [0.1, 0.15) is 20.8 Å². The van der Waals surface area contributed by atoms with E-state index in [0.717, 1.165) is 0 Å². The van der Waals surface area contributed by atoms with Gasteiger partial charge in [0.05, 0.1) is 6.54 Å². The number of ether oxygens (including phenoxy) is 2. The van der Waals surface area contributed by atoms with Crippen LogP contribution in [-0.2, 0) is 9.53 Å². The van der Waals surface area contributed by atoms with E-state index in [2.05, 4.69) is 4.98 Å². The summed E-state index contributed by atoms with van der Waals surface area (Å²) in [5.41, 5.74) is -0.597. The predicted molar refractivity (Wildman–Crippen MR) is 95.4 cm³/mol. The first kappa shape index (κ1) is 20.5. The second-order valence-corrected chi connectivity index (χ2v) is 6.58. The Labute approximate surface area is 149 Å². The minimum Gasteiger partial charge on any atom is -0.476 e. The highest BCUT2D eigenvalue weighted by Crippen LogP contribution is 2.10. The van der Waals surface area contributed by atoms with Gasteiger partial charge in [-0.05, 0) is 26.8 Å². The number of nitrogens with zero attached hydrogens (tertiary/aromatic N) is 3. The predicted octanol–water partition coefficient (Wildman–Crippen LogP) is 2.34. The average molecular weight is 349 g/mol. The highest BCUT2D eigenvalue weighted by atomic mass is 16.6. The van der Waals surface area contributed by atoms with Crippen LogP contribution < -0.4 is 4.74 Å². The number of amides is 2. The first-order valence-corrected chi connectivity index (χ1v) is 8.08. The molecule has 0 saturated heterocycles. The van der Waals surface area contributed by atoms with Crippen LogP contribution in [0.4, 0.5) is 4.79 Å². The lowest BCUT2D eigenvalue weighted by Crippen LogP contribution is -2.39. The molecule has 1 aromatic rings. The number of aromatic nitrogens is 1. The molecule has 7 nitrogen and oxygen atoms in total. The maximum Gasteiger partial charge on any atom is 0.410 e. The maximum absolute atomic E-state index is 12.3. The summed E-state index contributed by atoms with van der Waals surface area (Å²) in [5, 5.41) is 0. The third-order valence-electron chi connectivity index (χ3n) is 2.93. The molecule has 0 aliphatic rings. The van der Waals surface area contributed by atoms with Crippen LogP contribution in [0, 0.1) is 0 Å². The van der Waals surface area contributed by atoms with E-state index in [-0.39, 0.29) is 19.1 Å². The highest BCUT2D eigenvalue weighted by molar-refractivity contribution is 5.87. The van der Waals surface area contributed by atoms with Crippen molar-refractivity contribution < 1.29 is 19.1 Å². The molecule has 0 fully saturated rings. The van der Waals surface area contributed by atoms with E-state index in [0.29, 0.717) is 12.4 Å². The fourth-order valence-corrected chi connectivity index (χ4v) is 1.71. The van der Waals surface area contributed by atoms with E-state index in [1.54, 1.807) is 59.3 Å². The molecule has 7 heteroatoms. The number of pyridine rings is 1. The molecular weight excluding hydrogens is 322 g/mol. The summed E-state index contributed by atoms with van der Waals surface area (Å²) in [6.07, 6.45) is 4.24. The van der Waals surface area contributed by atoms with Crippen LogP contribution in [0.5, 0.6) is 5.88 Å². The van der Waals surface area contributed by atoms with E-state index < -0.39 is 11.7 Å². The topological polar surface area (TPSA) is 72.0 Å². The Morgan fingerprint density at radius 1 is 1.24 bits per heavy atom. The quantitative estimate of drug-likeness (QED) is 0.707. The number of carbonyl (C=O) groups is 2. The Bertz CT molecular complexity index is 580. The standard InChI is InChI=1S/C18H27N3O4/c1-18(2,3)25-17(23)21(12-8-10-16(22)20(4)5)13-14-24-15-9-6-7-11-19-15/h6-11H,12-14H2,1-5H3/b10-8+. The van der Waals surface area contributed by atoms with E-state index in [1.165, 1.54) is 15.9 Å². The summed E-state index contributed by atoms with van der Waals surface area (Å²) >= 11 is 0. The number of likely N-dealkylation sites (N-methyl/N-ethyl adjacent to an activating group) is 1. The minimum absolute atomic E-state index is 0.145. The van der Waals surface area contributed by atoms with Crippen molar-refractivity contribution in [1.29, 1.82) is 0 Å². The largest absolute Gasteiger partial charge is 0.476 e. The molecule has 1 aromatic heterocycles. The van der Waals surface area contributed by atoms with Crippen molar-refractivity contribution in [2.75, 3.05) is 33.8 Å². The molecule has 0 atom stereocenters. The zero-order valence-corrected chi connectivity index (χ0v) is 15.6. The van der Waals surface area contributed by atoms with Gasteiger partial charge in [-0.3, -0.25) is 4.79 Å². The third-order valence-corrected chi connectivity index (χ3v) is 2.93. The van der Waals surface area contributed by atoms with Crippen molar-refractivity contribution in [2.24, 2.45) is 0 Å². The highest BCUT2D eigenvalue weighted by Gasteiger charge is 2.21. The molecule has 0 radical (unpaired) electrons. The van der Waals surface area contributed by atoms with Gasteiger partial charge in [-0.1, -0.05) is 12.1 Å². The van der Waals surface area contributed by atoms with Crippen molar-refractivity contribution in [2.45, 2.75) is 26.4 Å². The van der Waals surface area contributed by atoms with Gasteiger partial charge in [0.25, 0.3) is 0 Å². The molecule has 0 aliphatic heterocycles. The maximum atomic E-state index is 12.3. The molecule has 0 saturated carbocycles. The monoisotopic (exact) mass is 349 g/mol. The number of hydrogen-bond donors (Lipinski definition) is 0. The molecule has 0 spiro atoms. The lowest BCUT2D eigenvalue weighted by atomic mass is 10.2. The van der Waals surface area contributed by atoms with Gasteiger partial charge in [-0.2, -0.15) is 0 Å². The van der Waals surface area contributed by atoms with Gasteiger partial charge in [-0.25, -0.2) is 9.78 Å². The van der Waals surface area contributed by atoms with E-state index in [1.807, 2.05) is 6.07 Å². The summed E-state index contributed by atoms with van der Waals surface area (Å²) in [6.45, 7) is 6.24. The van der Waals surface area contributed by atoms with Crippen molar-refractivity contribution in [3.05, 3.63) is 36.5 Å². The van der Waals surface area contributed by atoms with Gasteiger partial charge in [0.1, 0.15) is 12.2 Å². The van der Waals surface area contributed by atoms with Gasteiger partial charge in [-0.15, -0.1) is 0 Å². The Kier molecular flexibility index (Phi) is 7.91. The molecule has 0 N–H and O–H groups in total. The smallest absolute Gasteiger partial charge is 0.410 e. The van der Waals surface area contributed by atoms with Crippen LogP contribution in [-0.4, -0.2) is 66.2 Å². The van der Waals surface area contributed by atoms with Crippen LogP contribution in [0.2, 0.25) is 0 Å². The molecule has 0 unspecified atom stereocenters. The van der Waals surface area contributed by atoms with Crippen molar-refractivity contribution >= 4 is 12.0 Å². The zero-order valence-electron chi connectivity index (χ0n) is 15.6. The molecule has 138 valence electrons. The Hall–Kier alpha value is -2.57. The Morgan fingerprint density at radius 3 is 2.52 bits per heavy atom. The van der Waals surface area contributed by atoms with Gasteiger partial charge >= 0.3 is 6.09 Å². The van der Waals surface area contributed by atoms with E-state index in [9.17, 15) is 9.59 Å². The van der Waals surface area contributed by atoms with Crippen molar-refractivity contribution in [3.8, 4) is 5.88 Å². The summed E-state index contributed by atoms with van der Waals surface area (Å²) in [5.74, 6) is 0.346. The Morgan fingerprint density at radius 2 is 1.96 bits per heavy atom. The first-order valence-electron chi connectivity index (χ1n) is 8.08. The van der Waals surface area contributed by atoms with Crippen LogP contribution in [0.3, 0.4) is 0 Å². The van der Waals surface area contributed by atoms with Crippen molar-refractivity contribution in [3.63, 3.8) is 0 Å². The average Bonchev–Trinajstić information content (AvgIpc) is 2.52. The van der Waals surface area contributed by atoms with Crippen LogP contribution in [0.25, 0.3) is 0 Å². The fraction of sp³-hybridized carbons (Fsp3) is 0.500. The third kappa shape index (κ3) is 8.74. The normalized spacial score (nSPS) is 11.2. The fourth-order valence-electron chi connectivity index (χ4n) is 1.71. The molecule has 25 heavy (non-hydrogen) atoms. The van der Waals surface area contributed by atoms with Crippen LogP contribution in [0.15, 0.2) is 36.5 Å². The molecule has 0 aromatic carbocycles. The minimum atomic E-state index is -0.597. The summed E-state index contributed by atoms with van der Waals surface area (Å²) < 4.78 is 10.9. The molecular formula is C18H27N3O4. The van der Waals surface area contributed by atoms with Gasteiger partial charge < -0.3 is 19.3 Å².